The van der Waals surface area contributed by atoms with Crippen LogP contribution in [0.15, 0.2) is 4.40 Å². The average molecular weight is 150 g/mol. The van der Waals surface area contributed by atoms with Crippen molar-refractivity contribution in [1.29, 1.82) is 0 Å². The topological polar surface area (TPSA) is 66.8 Å². The smallest absolute Gasteiger partial charge is 0.210 e. The average Bonchev–Trinajstić information content (AvgIpc) is 1.65. The van der Waals surface area contributed by atoms with E-state index in [4.69, 9.17) is 0 Å². The van der Waals surface area contributed by atoms with Gasteiger partial charge in [0.25, 0.3) is 6.08 Å². The zero-order valence-corrected chi connectivity index (χ0v) is 5.84. The first kappa shape index (κ1) is 8.29. The maximum Gasteiger partial charge on any atom is 0.332 e. The Hall–Kier alpha value is -0.710. The molecule has 9 heavy (non-hydrogen) atoms. The fraction of sp³-hybridized carbons (Fsp3) is 0.667. The molecule has 0 spiro atoms. The lowest BCUT2D eigenvalue weighted by Crippen LogP contribution is -2.19. The minimum absolute atomic E-state index is 0.817. The highest BCUT2D eigenvalue weighted by Gasteiger charge is 2.09. The third kappa shape index (κ3) is 2.36. The van der Waals surface area contributed by atoms with Gasteiger partial charge in [0.2, 0.25) is 0 Å². The van der Waals surface area contributed by atoms with Gasteiger partial charge < -0.3 is 0 Å². The molecule has 0 heterocycles. The molecule has 0 atom stereocenters. The minimum Gasteiger partial charge on any atom is -0.210 e. The van der Waals surface area contributed by atoms with Gasteiger partial charge in [0.15, 0.2) is 0 Å². The molecule has 0 amide bonds. The molecule has 5 nitrogen and oxygen atoms in total. The van der Waals surface area contributed by atoms with Gasteiger partial charge in [-0.05, 0) is 0 Å². The first-order valence-electron chi connectivity index (χ1n) is 2.02. The van der Waals surface area contributed by atoms with Crippen LogP contribution in [0.4, 0.5) is 0 Å². The van der Waals surface area contributed by atoms with Crippen molar-refractivity contribution in [1.82, 2.24) is 4.31 Å². The van der Waals surface area contributed by atoms with Gasteiger partial charge in [-0.25, -0.2) is 4.79 Å². The van der Waals surface area contributed by atoms with Gasteiger partial charge in [0.1, 0.15) is 0 Å². The number of hydrogen-bond acceptors (Lipinski definition) is 3. The van der Waals surface area contributed by atoms with Gasteiger partial charge in [-0.3, -0.25) is 0 Å². The molecule has 0 aromatic rings. The first-order valence-corrected chi connectivity index (χ1v) is 3.42. The Balaban J connectivity index is 4.62. The van der Waals surface area contributed by atoms with Crippen LogP contribution in [0.3, 0.4) is 0 Å². The third-order valence-electron chi connectivity index (χ3n) is 0.614. The number of carbonyl (C=O) groups excluding carboxylic acids is 1. The normalized spacial score (nSPS) is 11.0. The van der Waals surface area contributed by atoms with Crippen LogP contribution in [0.1, 0.15) is 0 Å². The predicted octanol–water partition coefficient (Wildman–Crippen LogP) is -0.871. The van der Waals surface area contributed by atoms with E-state index < -0.39 is 10.2 Å². The quantitative estimate of drug-likeness (QED) is 0.379. The van der Waals surface area contributed by atoms with Crippen molar-refractivity contribution >= 4 is 16.3 Å². The summed E-state index contributed by atoms with van der Waals surface area (Å²) in [6.45, 7) is 0. The Bertz CT molecular complexity index is 223. The van der Waals surface area contributed by atoms with Crippen LogP contribution >= 0.6 is 0 Å². The second-order valence-electron chi connectivity index (χ2n) is 1.44. The molecule has 0 rings (SSSR count). The van der Waals surface area contributed by atoms with Gasteiger partial charge in [0.05, 0.1) is 0 Å². The van der Waals surface area contributed by atoms with E-state index in [1.807, 2.05) is 0 Å². The molecule has 0 aliphatic heterocycles. The molecule has 0 aliphatic carbocycles. The molecule has 0 radical (unpaired) electrons. The van der Waals surface area contributed by atoms with E-state index in [2.05, 4.69) is 4.40 Å². The van der Waals surface area contributed by atoms with E-state index in [9.17, 15) is 13.2 Å². The van der Waals surface area contributed by atoms with Gasteiger partial charge in [-0.2, -0.15) is 12.7 Å². The van der Waals surface area contributed by atoms with Crippen LogP contribution < -0.4 is 0 Å². The van der Waals surface area contributed by atoms with Crippen LogP contribution in [0.5, 0.6) is 0 Å². The summed E-state index contributed by atoms with van der Waals surface area (Å²) in [4.78, 5) is 9.43. The maximum absolute atomic E-state index is 10.4. The Kier molecular flexibility index (Phi) is 2.51. The highest BCUT2D eigenvalue weighted by Crippen LogP contribution is 1.91. The summed E-state index contributed by atoms with van der Waals surface area (Å²) in [7, 11) is -1.17. The Morgan fingerprint density at radius 2 is 1.89 bits per heavy atom. The fourth-order valence-electron chi connectivity index (χ4n) is 0.129. The molecule has 0 fully saturated rings. The highest BCUT2D eigenvalue weighted by atomic mass is 32.2. The highest BCUT2D eigenvalue weighted by molar-refractivity contribution is 7.87. The molecule has 52 valence electrons. The molecule has 0 aliphatic rings. The summed E-state index contributed by atoms with van der Waals surface area (Å²) >= 11 is 0. The first-order chi connectivity index (χ1) is 4.00. The second kappa shape index (κ2) is 2.72. The monoisotopic (exact) mass is 150 g/mol. The zero-order valence-electron chi connectivity index (χ0n) is 5.03. The molecular weight excluding hydrogens is 144 g/mol. The van der Waals surface area contributed by atoms with E-state index >= 15 is 0 Å². The third-order valence-corrected chi connectivity index (χ3v) is 1.84. The van der Waals surface area contributed by atoms with Crippen molar-refractivity contribution in [3.05, 3.63) is 0 Å². The summed E-state index contributed by atoms with van der Waals surface area (Å²) in [6, 6.07) is 0. The Morgan fingerprint density at radius 1 is 1.44 bits per heavy atom. The molecule has 0 saturated heterocycles. The van der Waals surface area contributed by atoms with Crippen LogP contribution in [0, 0.1) is 0 Å². The van der Waals surface area contributed by atoms with E-state index in [0.29, 0.717) is 0 Å². The van der Waals surface area contributed by atoms with E-state index in [-0.39, 0.29) is 0 Å². The van der Waals surface area contributed by atoms with Gasteiger partial charge in [-0.1, -0.05) is 4.40 Å². The van der Waals surface area contributed by atoms with Gasteiger partial charge in [-0.15, -0.1) is 0 Å². The van der Waals surface area contributed by atoms with E-state index in [1.165, 1.54) is 14.1 Å². The fourth-order valence-corrected chi connectivity index (χ4v) is 0.386. The predicted molar refractivity (Wildman–Crippen MR) is 30.7 cm³/mol. The summed E-state index contributed by atoms with van der Waals surface area (Å²) < 4.78 is 24.2. The van der Waals surface area contributed by atoms with E-state index in [1.54, 1.807) is 0 Å². The molecular formula is C3H6N2O3S. The van der Waals surface area contributed by atoms with Crippen molar-refractivity contribution < 1.29 is 13.2 Å². The Morgan fingerprint density at radius 3 is 2.00 bits per heavy atom. The summed E-state index contributed by atoms with van der Waals surface area (Å²) in [5, 5.41) is 0. The molecule has 0 N–H and O–H groups in total. The molecule has 0 bridgehead atoms. The molecule has 0 aromatic heterocycles. The van der Waals surface area contributed by atoms with Crippen molar-refractivity contribution in [3.8, 4) is 0 Å². The Labute approximate surface area is 53.2 Å². The van der Waals surface area contributed by atoms with Crippen LogP contribution in [0.2, 0.25) is 0 Å². The number of nitrogens with zero attached hydrogens (tertiary/aromatic N) is 2. The van der Waals surface area contributed by atoms with Crippen LogP contribution in [-0.4, -0.2) is 32.9 Å². The summed E-state index contributed by atoms with van der Waals surface area (Å²) in [5.74, 6) is 0. The van der Waals surface area contributed by atoms with Crippen LogP contribution in [0.25, 0.3) is 0 Å². The van der Waals surface area contributed by atoms with E-state index in [0.717, 1.165) is 10.4 Å². The van der Waals surface area contributed by atoms with Gasteiger partial charge >= 0.3 is 10.2 Å². The molecule has 0 unspecified atom stereocenters. The van der Waals surface area contributed by atoms with Crippen molar-refractivity contribution in [2.45, 2.75) is 0 Å². The number of hydrogen-bond donors (Lipinski definition) is 0. The lowest BCUT2D eigenvalue weighted by atomic mass is 11.3. The lowest BCUT2D eigenvalue weighted by molar-refractivity contribution is 0.520. The minimum atomic E-state index is -3.71. The zero-order chi connectivity index (χ0) is 7.49. The molecule has 0 saturated carbocycles. The molecule has 0 aromatic carbocycles. The SMILES string of the molecule is CN(C)S(=O)(=O)N=C=O. The van der Waals surface area contributed by atoms with Crippen LogP contribution in [-0.2, 0) is 15.0 Å². The van der Waals surface area contributed by atoms with Crippen molar-refractivity contribution in [3.63, 3.8) is 0 Å². The largest absolute Gasteiger partial charge is 0.332 e. The second-order valence-corrected chi connectivity index (χ2v) is 3.25. The lowest BCUT2D eigenvalue weighted by Gasteiger charge is -2.01. The maximum atomic E-state index is 10.4. The molecule has 6 heteroatoms. The summed E-state index contributed by atoms with van der Waals surface area (Å²) in [6.07, 6.45) is 0.935. The van der Waals surface area contributed by atoms with Crippen molar-refractivity contribution in [2.75, 3.05) is 14.1 Å². The summed E-state index contributed by atoms with van der Waals surface area (Å²) in [5.41, 5.74) is 0. The van der Waals surface area contributed by atoms with Crippen molar-refractivity contribution in [2.24, 2.45) is 4.40 Å². The number of isocyanates is 1. The van der Waals surface area contributed by atoms with Gasteiger partial charge in [0, 0.05) is 14.1 Å². The standard InChI is InChI=1S/C3H6N2O3S/c1-5(2)9(7,8)4-3-6/h1-2H3. The number of rotatable bonds is 2.